The zero-order chi connectivity index (χ0) is 8.69. The van der Waals surface area contributed by atoms with Crippen LogP contribution in [0, 0.1) is 26.6 Å². The van der Waals surface area contributed by atoms with Crippen molar-refractivity contribution in [1.82, 2.24) is 0 Å². The van der Waals surface area contributed by atoms with Crippen molar-refractivity contribution in [2.45, 2.75) is 12.8 Å². The van der Waals surface area contributed by atoms with Gasteiger partial charge in [0, 0.05) is 22.7 Å². The summed E-state index contributed by atoms with van der Waals surface area (Å²) in [5.74, 6) is 0. The van der Waals surface area contributed by atoms with Crippen LogP contribution in [0.2, 0.25) is 0 Å². The normalized spacial score (nSPS) is 9.45. The highest BCUT2D eigenvalue weighted by atomic mass is 16.6. The molecule has 11 heavy (non-hydrogen) atoms. The Hall–Kier alpha value is -1.20. The standard InChI is InChI=1S/C5H9N2O4/c8-6(9)4-2-1-3-5-7(10)11/h2H,1,3-5H2. The van der Waals surface area contributed by atoms with Gasteiger partial charge in [-0.1, -0.05) is 0 Å². The lowest BCUT2D eigenvalue weighted by molar-refractivity contribution is -0.481. The van der Waals surface area contributed by atoms with Gasteiger partial charge in [0.1, 0.15) is 0 Å². The fourth-order valence-electron chi connectivity index (χ4n) is 0.561. The Balaban J connectivity index is 3.03. The van der Waals surface area contributed by atoms with Crippen molar-refractivity contribution in [3.05, 3.63) is 26.6 Å². The van der Waals surface area contributed by atoms with Crippen LogP contribution < -0.4 is 0 Å². The fourth-order valence-corrected chi connectivity index (χ4v) is 0.561. The van der Waals surface area contributed by atoms with E-state index in [1.54, 1.807) is 0 Å². The highest BCUT2D eigenvalue weighted by Gasteiger charge is 2.00. The molecule has 0 aromatic heterocycles. The van der Waals surface area contributed by atoms with E-state index < -0.39 is 9.85 Å². The lowest BCUT2D eigenvalue weighted by Gasteiger charge is -1.91. The molecule has 63 valence electrons. The van der Waals surface area contributed by atoms with Crippen molar-refractivity contribution in [3.63, 3.8) is 0 Å². The van der Waals surface area contributed by atoms with Crippen LogP contribution in [0.3, 0.4) is 0 Å². The third-order valence-electron chi connectivity index (χ3n) is 1.03. The zero-order valence-corrected chi connectivity index (χ0v) is 5.93. The van der Waals surface area contributed by atoms with Crippen LogP contribution in [0.1, 0.15) is 12.8 Å². The summed E-state index contributed by atoms with van der Waals surface area (Å²) < 4.78 is 0. The van der Waals surface area contributed by atoms with E-state index in [2.05, 4.69) is 0 Å². The van der Waals surface area contributed by atoms with E-state index in [4.69, 9.17) is 0 Å². The lowest BCUT2D eigenvalue weighted by atomic mass is 10.2. The van der Waals surface area contributed by atoms with Gasteiger partial charge in [-0.15, -0.1) is 0 Å². The molecule has 0 rings (SSSR count). The number of rotatable bonds is 6. The summed E-state index contributed by atoms with van der Waals surface area (Å²) in [6, 6.07) is 0. The zero-order valence-electron chi connectivity index (χ0n) is 5.93. The van der Waals surface area contributed by atoms with E-state index in [1.165, 1.54) is 6.42 Å². The van der Waals surface area contributed by atoms with E-state index in [9.17, 15) is 20.2 Å². The third kappa shape index (κ3) is 8.80. The van der Waals surface area contributed by atoms with Crippen LogP contribution in [0.5, 0.6) is 0 Å². The third-order valence-corrected chi connectivity index (χ3v) is 1.03. The van der Waals surface area contributed by atoms with Gasteiger partial charge in [0.2, 0.25) is 13.1 Å². The Morgan fingerprint density at radius 3 is 2.27 bits per heavy atom. The number of unbranched alkanes of at least 4 members (excludes halogenated alkanes) is 2. The summed E-state index contributed by atoms with van der Waals surface area (Å²) in [5, 5.41) is 19.5. The minimum absolute atomic E-state index is 0.117. The molecule has 0 fully saturated rings. The SMILES string of the molecule is O=[N+]([O-])C[CH]CCC[N+](=O)[O-]. The highest BCUT2D eigenvalue weighted by molar-refractivity contribution is 4.61. The fraction of sp³-hybridized carbons (Fsp3) is 0.800. The second-order valence-electron chi connectivity index (χ2n) is 2.00. The summed E-state index contributed by atoms with van der Waals surface area (Å²) in [4.78, 5) is 18.6. The molecule has 6 heteroatoms. The largest absolute Gasteiger partial charge is 0.265 e. The molecule has 0 unspecified atom stereocenters. The molecule has 0 aromatic rings. The van der Waals surface area contributed by atoms with Crippen LogP contribution in [0.25, 0.3) is 0 Å². The van der Waals surface area contributed by atoms with E-state index in [0.29, 0.717) is 12.8 Å². The molecule has 6 nitrogen and oxygen atoms in total. The summed E-state index contributed by atoms with van der Waals surface area (Å²) in [6.45, 7) is -0.327. The molecule has 1 radical (unpaired) electrons. The van der Waals surface area contributed by atoms with Gasteiger partial charge < -0.3 is 0 Å². The molecular weight excluding hydrogens is 152 g/mol. The number of nitro groups is 2. The van der Waals surface area contributed by atoms with Crippen molar-refractivity contribution in [2.24, 2.45) is 0 Å². The Morgan fingerprint density at radius 2 is 1.82 bits per heavy atom. The molecule has 0 saturated heterocycles. The van der Waals surface area contributed by atoms with Gasteiger partial charge in [0.05, 0.1) is 0 Å². The predicted molar refractivity (Wildman–Crippen MR) is 37.3 cm³/mol. The van der Waals surface area contributed by atoms with Crippen molar-refractivity contribution in [2.75, 3.05) is 13.1 Å². The van der Waals surface area contributed by atoms with E-state index >= 15 is 0 Å². The average Bonchev–Trinajstić information content (AvgIpc) is 1.85. The van der Waals surface area contributed by atoms with Crippen LogP contribution in [0.15, 0.2) is 0 Å². The number of hydrogen-bond donors (Lipinski definition) is 0. The first-order valence-corrected chi connectivity index (χ1v) is 3.18. The molecule has 0 aliphatic carbocycles. The summed E-state index contributed by atoms with van der Waals surface area (Å²) in [5.41, 5.74) is 0. The van der Waals surface area contributed by atoms with Gasteiger partial charge in [-0.05, 0) is 6.42 Å². The van der Waals surface area contributed by atoms with Crippen molar-refractivity contribution >= 4 is 0 Å². The van der Waals surface area contributed by atoms with Crippen molar-refractivity contribution in [3.8, 4) is 0 Å². The Morgan fingerprint density at radius 1 is 1.18 bits per heavy atom. The molecule has 0 atom stereocenters. The average molecular weight is 161 g/mol. The molecule has 0 spiro atoms. The molecule has 0 N–H and O–H groups in total. The van der Waals surface area contributed by atoms with Gasteiger partial charge in [0.15, 0.2) is 0 Å². The summed E-state index contributed by atoms with van der Waals surface area (Å²) in [7, 11) is 0. The Kier molecular flexibility index (Phi) is 4.97. The molecule has 0 aliphatic rings. The van der Waals surface area contributed by atoms with Gasteiger partial charge in [-0.2, -0.15) is 0 Å². The van der Waals surface area contributed by atoms with Gasteiger partial charge in [0.25, 0.3) is 0 Å². The van der Waals surface area contributed by atoms with E-state index in [0.717, 1.165) is 0 Å². The van der Waals surface area contributed by atoms with Crippen LogP contribution in [-0.2, 0) is 0 Å². The first-order chi connectivity index (χ1) is 5.13. The quantitative estimate of drug-likeness (QED) is 0.323. The first kappa shape index (κ1) is 9.80. The highest BCUT2D eigenvalue weighted by Crippen LogP contribution is 1.93. The van der Waals surface area contributed by atoms with Gasteiger partial charge >= 0.3 is 0 Å². The molecule has 0 saturated carbocycles. The molecule has 0 bridgehead atoms. The second-order valence-corrected chi connectivity index (χ2v) is 2.00. The van der Waals surface area contributed by atoms with Crippen molar-refractivity contribution < 1.29 is 9.85 Å². The Bertz CT molecular complexity index is 131. The minimum atomic E-state index is -0.466. The topological polar surface area (TPSA) is 86.3 Å². The van der Waals surface area contributed by atoms with E-state index in [1.807, 2.05) is 0 Å². The number of hydrogen-bond acceptors (Lipinski definition) is 4. The van der Waals surface area contributed by atoms with Crippen LogP contribution >= 0.6 is 0 Å². The lowest BCUT2D eigenvalue weighted by Crippen LogP contribution is -2.04. The second kappa shape index (κ2) is 5.57. The maximum absolute atomic E-state index is 9.75. The van der Waals surface area contributed by atoms with Gasteiger partial charge in [-0.3, -0.25) is 20.2 Å². The monoisotopic (exact) mass is 161 g/mol. The summed E-state index contributed by atoms with van der Waals surface area (Å²) >= 11 is 0. The minimum Gasteiger partial charge on any atom is -0.265 e. The van der Waals surface area contributed by atoms with Crippen LogP contribution in [-0.4, -0.2) is 22.9 Å². The van der Waals surface area contributed by atoms with Crippen LogP contribution in [0.4, 0.5) is 0 Å². The number of nitrogens with zero attached hydrogens (tertiary/aromatic N) is 2. The van der Waals surface area contributed by atoms with E-state index in [-0.39, 0.29) is 13.1 Å². The molecule has 0 amide bonds. The maximum atomic E-state index is 9.75. The summed E-state index contributed by atoms with van der Waals surface area (Å²) in [6.07, 6.45) is 2.24. The first-order valence-electron chi connectivity index (χ1n) is 3.18. The van der Waals surface area contributed by atoms with Gasteiger partial charge in [-0.25, -0.2) is 0 Å². The predicted octanol–water partition coefficient (Wildman–Crippen LogP) is 0.524. The maximum Gasteiger partial charge on any atom is 0.207 e. The Labute approximate surface area is 63.5 Å². The van der Waals surface area contributed by atoms with Crippen molar-refractivity contribution in [1.29, 1.82) is 0 Å². The molecule has 0 aromatic carbocycles. The molecule has 0 aliphatic heterocycles. The molecule has 0 heterocycles. The smallest absolute Gasteiger partial charge is 0.207 e. The molecular formula is C5H9N2O4.